The number of aliphatic imine (C=N–C) groups is 1. The number of aliphatic hydroxyl groups is 1. The summed E-state index contributed by atoms with van der Waals surface area (Å²) in [5.41, 5.74) is 5.97. The van der Waals surface area contributed by atoms with Gasteiger partial charge in [-0.1, -0.05) is 77.4 Å². The van der Waals surface area contributed by atoms with Gasteiger partial charge in [-0.15, -0.1) is 0 Å². The first kappa shape index (κ1) is 31.6. The molecule has 0 spiro atoms. The highest BCUT2D eigenvalue weighted by Crippen LogP contribution is 2.42. The van der Waals surface area contributed by atoms with Crippen molar-refractivity contribution in [1.29, 1.82) is 0 Å². The quantitative estimate of drug-likeness (QED) is 0.176. The zero-order valence-corrected chi connectivity index (χ0v) is 25.5. The number of nitrogens with one attached hydrogen (secondary N) is 1. The summed E-state index contributed by atoms with van der Waals surface area (Å²) < 4.78 is 6.41. The van der Waals surface area contributed by atoms with Crippen LogP contribution in [-0.4, -0.2) is 24.7 Å². The number of nitrogens with zero attached hydrogens (tertiary/aromatic N) is 1. The Labute approximate surface area is 245 Å². The average Bonchev–Trinajstić information content (AvgIpc) is 2.99. The third-order valence-electron chi connectivity index (χ3n) is 7.09. The van der Waals surface area contributed by atoms with Crippen molar-refractivity contribution in [3.05, 3.63) is 112 Å². The Kier molecular flexibility index (Phi) is 11.2. The number of carbonyl (C=O) groups is 1. The molecule has 1 heterocycles. The van der Waals surface area contributed by atoms with Crippen molar-refractivity contribution in [2.75, 3.05) is 12.4 Å². The molecule has 41 heavy (non-hydrogen) atoms. The van der Waals surface area contributed by atoms with Gasteiger partial charge in [-0.2, -0.15) is 0 Å². The van der Waals surface area contributed by atoms with Crippen LogP contribution in [0.4, 0.5) is 5.69 Å². The minimum absolute atomic E-state index is 0.282. The molecule has 216 valence electrons. The van der Waals surface area contributed by atoms with E-state index in [4.69, 9.17) is 4.74 Å². The molecule has 1 atom stereocenters. The number of carbonyl (C=O) groups excluding carboxylic acids is 1. The molecule has 1 aliphatic rings. The van der Waals surface area contributed by atoms with Crippen LogP contribution >= 0.6 is 0 Å². The van der Waals surface area contributed by atoms with Crippen molar-refractivity contribution in [3.8, 4) is 5.75 Å². The van der Waals surface area contributed by atoms with Crippen LogP contribution in [0.2, 0.25) is 0 Å². The summed E-state index contributed by atoms with van der Waals surface area (Å²) in [5, 5.41) is 15.9. The predicted molar refractivity (Wildman–Crippen MR) is 172 cm³/mol. The molecule has 4 rings (SSSR count). The van der Waals surface area contributed by atoms with Gasteiger partial charge in [-0.3, -0.25) is 9.79 Å². The minimum Gasteiger partial charge on any atom is -0.489 e. The molecule has 3 aromatic rings. The lowest BCUT2D eigenvalue weighted by Gasteiger charge is -2.32. The Morgan fingerprint density at radius 1 is 1.10 bits per heavy atom. The maximum atomic E-state index is 12.6. The van der Waals surface area contributed by atoms with Gasteiger partial charge >= 0.3 is 0 Å². The van der Waals surface area contributed by atoms with Crippen LogP contribution in [0.1, 0.15) is 81.3 Å². The van der Waals surface area contributed by atoms with Gasteiger partial charge in [0.05, 0.1) is 0 Å². The molecule has 0 aromatic heterocycles. The summed E-state index contributed by atoms with van der Waals surface area (Å²) >= 11 is 0. The van der Waals surface area contributed by atoms with Crippen LogP contribution in [0.3, 0.4) is 0 Å². The third-order valence-corrected chi connectivity index (χ3v) is 7.09. The largest absolute Gasteiger partial charge is 0.489 e. The maximum absolute atomic E-state index is 12.6. The molecule has 5 heteroatoms. The molecule has 0 saturated carbocycles. The normalized spacial score (nSPS) is 17.6. The Hall–Kier alpha value is -3.96. The second kappa shape index (κ2) is 14.6. The van der Waals surface area contributed by atoms with E-state index in [1.165, 1.54) is 0 Å². The Bertz CT molecular complexity index is 1430. The molecule has 6 bridgehead atoms. The highest BCUT2D eigenvalue weighted by Gasteiger charge is 2.35. The molecule has 0 aliphatic carbocycles. The summed E-state index contributed by atoms with van der Waals surface area (Å²) in [7, 11) is 1.85. The van der Waals surface area contributed by atoms with E-state index in [0.717, 1.165) is 58.4 Å². The van der Waals surface area contributed by atoms with Gasteiger partial charge in [0.1, 0.15) is 24.2 Å². The molecule has 0 fully saturated rings. The second-order valence-electron chi connectivity index (χ2n) is 10.4. The maximum Gasteiger partial charge on any atom is 0.143 e. The van der Waals surface area contributed by atoms with E-state index in [1.54, 1.807) is 12.3 Å². The van der Waals surface area contributed by atoms with E-state index in [1.807, 2.05) is 82.6 Å². The number of ether oxygens (including phenoxy) is 1. The number of hydrogen-bond donors (Lipinski definition) is 2. The van der Waals surface area contributed by atoms with E-state index in [0.29, 0.717) is 23.3 Å². The third kappa shape index (κ3) is 7.04. The molecule has 0 amide bonds. The number of aldehydes is 1. The molecular weight excluding hydrogens is 508 g/mol. The zero-order valence-electron chi connectivity index (χ0n) is 25.5. The molecule has 2 N–H and O–H groups in total. The molecular formula is C36H44N2O3. The van der Waals surface area contributed by atoms with Crippen LogP contribution in [-0.2, 0) is 23.4 Å². The lowest BCUT2D eigenvalue weighted by molar-refractivity contribution is -0.104. The summed E-state index contributed by atoms with van der Waals surface area (Å²) in [6.07, 6.45) is 7.82. The zero-order chi connectivity index (χ0) is 30.0. The second-order valence-corrected chi connectivity index (χ2v) is 10.4. The predicted octanol–water partition coefficient (Wildman–Crippen LogP) is 8.10. The lowest BCUT2D eigenvalue weighted by Crippen LogP contribution is -2.29. The van der Waals surface area contributed by atoms with E-state index in [9.17, 15) is 9.90 Å². The first-order valence-corrected chi connectivity index (χ1v) is 14.6. The Balaban J connectivity index is 0.00000226. The van der Waals surface area contributed by atoms with Gasteiger partial charge in [0.2, 0.25) is 0 Å². The summed E-state index contributed by atoms with van der Waals surface area (Å²) in [4.78, 5) is 16.3. The first-order chi connectivity index (χ1) is 19.8. The number of aryl methyl sites for hydroxylation is 1. The van der Waals surface area contributed by atoms with Crippen molar-refractivity contribution in [3.63, 3.8) is 0 Å². The fourth-order valence-electron chi connectivity index (χ4n) is 5.04. The van der Waals surface area contributed by atoms with Gasteiger partial charge in [-0.05, 0) is 88.6 Å². The van der Waals surface area contributed by atoms with Crippen molar-refractivity contribution >= 4 is 23.8 Å². The van der Waals surface area contributed by atoms with Crippen molar-refractivity contribution in [2.24, 2.45) is 10.9 Å². The van der Waals surface area contributed by atoms with E-state index in [2.05, 4.69) is 43.2 Å². The molecule has 1 unspecified atom stereocenters. The van der Waals surface area contributed by atoms with E-state index in [-0.39, 0.29) is 5.92 Å². The van der Waals surface area contributed by atoms with Gasteiger partial charge in [0.15, 0.2) is 0 Å². The summed E-state index contributed by atoms with van der Waals surface area (Å²) in [6.45, 7) is 12.5. The van der Waals surface area contributed by atoms with Crippen LogP contribution in [0.15, 0.2) is 83.5 Å². The number of anilines is 1. The number of allylic oxidation sites excluding steroid dienone is 1. The number of fused-ring (bicyclic) bond motifs is 6. The summed E-state index contributed by atoms with van der Waals surface area (Å²) in [6, 6.07) is 19.9. The molecule has 5 nitrogen and oxygen atoms in total. The van der Waals surface area contributed by atoms with Crippen LogP contribution in [0.5, 0.6) is 5.75 Å². The van der Waals surface area contributed by atoms with Crippen molar-refractivity contribution in [2.45, 2.75) is 66.6 Å². The van der Waals surface area contributed by atoms with Gasteiger partial charge in [-0.25, -0.2) is 0 Å². The van der Waals surface area contributed by atoms with E-state index < -0.39 is 5.60 Å². The summed E-state index contributed by atoms with van der Waals surface area (Å²) in [5.74, 6) is 1.04. The number of rotatable bonds is 7. The van der Waals surface area contributed by atoms with Crippen molar-refractivity contribution in [1.82, 2.24) is 0 Å². The highest BCUT2D eigenvalue weighted by molar-refractivity contribution is 5.93. The van der Waals surface area contributed by atoms with Crippen LogP contribution in [0, 0.1) is 5.92 Å². The Morgan fingerprint density at radius 3 is 2.51 bits per heavy atom. The minimum atomic E-state index is -1.49. The fourth-order valence-corrected chi connectivity index (χ4v) is 5.04. The fraction of sp³-hybridized carbons (Fsp3) is 0.333. The van der Waals surface area contributed by atoms with Gasteiger partial charge in [0, 0.05) is 30.7 Å². The Morgan fingerprint density at radius 2 is 1.83 bits per heavy atom. The van der Waals surface area contributed by atoms with E-state index >= 15 is 0 Å². The first-order valence-electron chi connectivity index (χ1n) is 14.6. The van der Waals surface area contributed by atoms with Gasteiger partial charge in [0.25, 0.3) is 0 Å². The smallest absolute Gasteiger partial charge is 0.143 e. The SMILES string of the molecule is CC.CCCc1ccc2cc1OCc1cccc(c1)/C(=C/C=O)c1cc(ccc1NC)C2(O)/C(C)=C/N=CC(C)C. The molecule has 1 aliphatic heterocycles. The highest BCUT2D eigenvalue weighted by atomic mass is 16.5. The topological polar surface area (TPSA) is 70.9 Å². The lowest BCUT2D eigenvalue weighted by atomic mass is 9.79. The number of hydrogen-bond acceptors (Lipinski definition) is 5. The molecule has 0 radical (unpaired) electrons. The van der Waals surface area contributed by atoms with Crippen molar-refractivity contribution < 1.29 is 14.6 Å². The van der Waals surface area contributed by atoms with Crippen LogP contribution < -0.4 is 10.1 Å². The average molecular weight is 553 g/mol. The molecule has 3 aromatic carbocycles. The monoisotopic (exact) mass is 552 g/mol. The number of benzene rings is 3. The van der Waals surface area contributed by atoms with Gasteiger partial charge < -0.3 is 15.2 Å². The molecule has 0 saturated heterocycles. The van der Waals surface area contributed by atoms with Crippen LogP contribution in [0.25, 0.3) is 5.57 Å². The standard InChI is InChI=1S/C34H38N2O3.C2H6/c1-6-8-26-11-12-29-19-33(26)39-22-25-9-7-10-27(17-25)30(15-16-37)31-18-28(13-14-32(31)35-5)34(29,38)24(4)21-36-20-23(2)3;1-2/h7,9-21,23,35,38H,6,8,22H2,1-5H3;1-2H3/b24-21+,30-15-,36-20?;.